The van der Waals surface area contributed by atoms with Crippen LogP contribution in [0.3, 0.4) is 0 Å². The molecule has 28 heavy (non-hydrogen) atoms. The largest absolute Gasteiger partial charge is 0.481 e. The molecule has 1 aliphatic rings. The molecule has 0 aliphatic heterocycles. The molecule has 4 unspecified atom stereocenters. The summed E-state index contributed by atoms with van der Waals surface area (Å²) < 4.78 is 0. The normalized spacial score (nSPS) is 22.1. The zero-order valence-electron chi connectivity index (χ0n) is 17.5. The third-order valence-electron chi connectivity index (χ3n) is 5.57. The number of carbonyl (C=O) groups is 1. The lowest BCUT2D eigenvalue weighted by molar-refractivity contribution is -0.137. The molecule has 0 bridgehead atoms. The van der Waals surface area contributed by atoms with Crippen molar-refractivity contribution in [2.45, 2.75) is 96.2 Å². The molecular formula is C24H40O4. The minimum atomic E-state index is -0.808. The highest BCUT2D eigenvalue weighted by Gasteiger charge is 2.26. The topological polar surface area (TPSA) is 77.8 Å². The van der Waals surface area contributed by atoms with Gasteiger partial charge in [-0.2, -0.15) is 0 Å². The first-order chi connectivity index (χ1) is 13.5. The van der Waals surface area contributed by atoms with Crippen molar-refractivity contribution in [1.82, 2.24) is 0 Å². The molecule has 160 valence electrons. The molecule has 0 aromatic heterocycles. The molecule has 0 heterocycles. The number of aliphatic hydroxyl groups excluding tert-OH is 2. The number of aliphatic hydroxyl groups is 2. The van der Waals surface area contributed by atoms with Crippen LogP contribution in [-0.4, -0.2) is 33.5 Å². The molecule has 4 atom stereocenters. The first-order valence-electron chi connectivity index (χ1n) is 11.1. The molecule has 0 fully saturated rings. The number of hydrogen-bond donors (Lipinski definition) is 3. The van der Waals surface area contributed by atoms with Crippen molar-refractivity contribution >= 4 is 5.97 Å². The Hall–Kier alpha value is -1.39. The van der Waals surface area contributed by atoms with Crippen LogP contribution < -0.4 is 0 Å². The van der Waals surface area contributed by atoms with Crippen molar-refractivity contribution in [2.75, 3.05) is 0 Å². The summed E-state index contributed by atoms with van der Waals surface area (Å²) in [5.41, 5.74) is 0. The van der Waals surface area contributed by atoms with Crippen LogP contribution in [0.5, 0.6) is 0 Å². The van der Waals surface area contributed by atoms with Crippen molar-refractivity contribution < 1.29 is 20.1 Å². The molecule has 0 amide bonds. The average molecular weight is 393 g/mol. The fourth-order valence-corrected chi connectivity index (χ4v) is 3.83. The van der Waals surface area contributed by atoms with E-state index < -0.39 is 12.1 Å². The molecule has 0 saturated carbocycles. The Morgan fingerprint density at radius 2 is 1.71 bits per heavy atom. The van der Waals surface area contributed by atoms with Gasteiger partial charge in [-0.25, -0.2) is 0 Å². The van der Waals surface area contributed by atoms with Crippen molar-refractivity contribution in [2.24, 2.45) is 11.8 Å². The molecule has 0 radical (unpaired) electrons. The van der Waals surface area contributed by atoms with Gasteiger partial charge in [0.1, 0.15) is 0 Å². The van der Waals surface area contributed by atoms with Crippen LogP contribution in [0.4, 0.5) is 0 Å². The quantitative estimate of drug-likeness (QED) is 0.198. The van der Waals surface area contributed by atoms with Crippen LogP contribution in [0.1, 0.15) is 84.0 Å². The Labute approximate surface area is 171 Å². The second kappa shape index (κ2) is 15.5. The summed E-state index contributed by atoms with van der Waals surface area (Å²) >= 11 is 0. The van der Waals surface area contributed by atoms with E-state index in [1.165, 1.54) is 32.1 Å². The van der Waals surface area contributed by atoms with E-state index in [0.717, 1.165) is 25.7 Å². The first-order valence-corrected chi connectivity index (χ1v) is 11.1. The molecule has 3 N–H and O–H groups in total. The van der Waals surface area contributed by atoms with Crippen LogP contribution in [-0.2, 0) is 4.79 Å². The molecule has 0 aromatic rings. The van der Waals surface area contributed by atoms with Gasteiger partial charge in [0.15, 0.2) is 0 Å². The van der Waals surface area contributed by atoms with Crippen molar-refractivity contribution in [1.29, 1.82) is 0 Å². The summed E-state index contributed by atoms with van der Waals surface area (Å²) in [7, 11) is 0. The summed E-state index contributed by atoms with van der Waals surface area (Å²) in [6.07, 6.45) is 22.3. The van der Waals surface area contributed by atoms with Crippen molar-refractivity contribution in [3.05, 3.63) is 36.5 Å². The molecule has 4 heteroatoms. The van der Waals surface area contributed by atoms with Crippen LogP contribution >= 0.6 is 0 Å². The predicted octanol–water partition coefficient (Wildman–Crippen LogP) is 5.41. The Balaban J connectivity index is 2.33. The molecule has 1 aliphatic carbocycles. The van der Waals surface area contributed by atoms with Gasteiger partial charge in [-0.15, -0.1) is 0 Å². The molecule has 1 rings (SSSR count). The van der Waals surface area contributed by atoms with Gasteiger partial charge >= 0.3 is 5.97 Å². The van der Waals surface area contributed by atoms with E-state index in [4.69, 9.17) is 5.11 Å². The van der Waals surface area contributed by atoms with E-state index in [1.54, 1.807) is 0 Å². The average Bonchev–Trinajstić information content (AvgIpc) is 2.68. The van der Waals surface area contributed by atoms with Gasteiger partial charge in [0.2, 0.25) is 0 Å². The molecule has 0 spiro atoms. The molecule has 4 nitrogen and oxygen atoms in total. The van der Waals surface area contributed by atoms with Gasteiger partial charge < -0.3 is 15.3 Å². The van der Waals surface area contributed by atoms with Gasteiger partial charge in [-0.1, -0.05) is 81.9 Å². The lowest BCUT2D eigenvalue weighted by atomic mass is 9.78. The number of rotatable bonds is 15. The van der Waals surface area contributed by atoms with E-state index >= 15 is 0 Å². The van der Waals surface area contributed by atoms with Crippen LogP contribution in [0.2, 0.25) is 0 Å². The summed E-state index contributed by atoms with van der Waals surface area (Å²) in [6.45, 7) is 2.22. The number of aliphatic carboxylic acids is 1. The molecule has 0 aromatic carbocycles. The highest BCUT2D eigenvalue weighted by Crippen LogP contribution is 2.31. The lowest BCUT2D eigenvalue weighted by Gasteiger charge is -2.30. The number of allylic oxidation sites excluding steroid dienone is 5. The fourth-order valence-electron chi connectivity index (χ4n) is 3.83. The van der Waals surface area contributed by atoms with E-state index in [1.807, 2.05) is 18.2 Å². The first kappa shape index (κ1) is 24.6. The Bertz CT molecular complexity index is 495. The zero-order chi connectivity index (χ0) is 20.6. The third kappa shape index (κ3) is 11.5. The van der Waals surface area contributed by atoms with Gasteiger partial charge in [-0.05, 0) is 43.9 Å². The minimum absolute atomic E-state index is 0.110. The number of carboxylic acid groups (broad SMARTS) is 1. The van der Waals surface area contributed by atoms with Gasteiger partial charge in [0.05, 0.1) is 12.2 Å². The van der Waals surface area contributed by atoms with Gasteiger partial charge in [0, 0.05) is 6.42 Å². The number of unbranched alkanes of at least 4 members (excludes halogenated alkanes) is 5. The Morgan fingerprint density at radius 3 is 2.46 bits per heavy atom. The number of carboxylic acids is 1. The van der Waals surface area contributed by atoms with Crippen LogP contribution in [0, 0.1) is 11.8 Å². The maximum atomic E-state index is 10.6. The van der Waals surface area contributed by atoms with Crippen LogP contribution in [0.25, 0.3) is 0 Å². The Kier molecular flexibility index (Phi) is 13.7. The highest BCUT2D eigenvalue weighted by molar-refractivity contribution is 5.66. The maximum absolute atomic E-state index is 10.6. The molecule has 0 saturated heterocycles. The fraction of sp³-hybridized carbons (Fsp3) is 0.708. The monoisotopic (exact) mass is 392 g/mol. The standard InChI is InChI=1S/C24H40O4/c1-2-3-4-5-6-7-15-21(25)16-10-8-13-20-14-9-11-17-22(20)23(26)18-12-19-24(27)28/h8-11,13,16,20-23,25-26H,2-7,12,14-15,17-19H2,1H3,(H,27,28). The van der Waals surface area contributed by atoms with Gasteiger partial charge in [-0.3, -0.25) is 4.79 Å². The van der Waals surface area contributed by atoms with Crippen molar-refractivity contribution in [3.63, 3.8) is 0 Å². The SMILES string of the molecule is CCCCCCCCC(O)C=CC=CC1CC=CCC1C(O)CCCC(=O)O. The molecular weight excluding hydrogens is 352 g/mol. The highest BCUT2D eigenvalue weighted by atomic mass is 16.4. The van der Waals surface area contributed by atoms with E-state index in [9.17, 15) is 15.0 Å². The minimum Gasteiger partial charge on any atom is -0.481 e. The lowest BCUT2D eigenvalue weighted by Crippen LogP contribution is -2.28. The maximum Gasteiger partial charge on any atom is 0.303 e. The number of hydrogen-bond acceptors (Lipinski definition) is 3. The summed E-state index contributed by atoms with van der Waals surface area (Å²) in [5, 5.41) is 29.3. The second-order valence-electron chi connectivity index (χ2n) is 8.02. The van der Waals surface area contributed by atoms with Crippen LogP contribution in [0.15, 0.2) is 36.5 Å². The van der Waals surface area contributed by atoms with Gasteiger partial charge in [0.25, 0.3) is 0 Å². The third-order valence-corrected chi connectivity index (χ3v) is 5.57. The van der Waals surface area contributed by atoms with E-state index in [-0.39, 0.29) is 24.4 Å². The zero-order valence-corrected chi connectivity index (χ0v) is 17.5. The Morgan fingerprint density at radius 1 is 1.00 bits per heavy atom. The summed E-state index contributed by atoms with van der Waals surface area (Å²) in [5.74, 6) is -0.418. The van der Waals surface area contributed by atoms with E-state index in [2.05, 4.69) is 25.2 Å². The second-order valence-corrected chi connectivity index (χ2v) is 8.02. The summed E-state index contributed by atoms with van der Waals surface area (Å²) in [6, 6.07) is 0. The van der Waals surface area contributed by atoms with E-state index in [0.29, 0.717) is 12.8 Å². The van der Waals surface area contributed by atoms with Crippen molar-refractivity contribution in [3.8, 4) is 0 Å². The predicted molar refractivity (Wildman–Crippen MR) is 115 cm³/mol. The summed E-state index contributed by atoms with van der Waals surface area (Å²) in [4.78, 5) is 10.6. The smallest absolute Gasteiger partial charge is 0.303 e.